The third-order valence-corrected chi connectivity index (χ3v) is 6.81. The Kier molecular flexibility index (Phi) is 6.59. The predicted molar refractivity (Wildman–Crippen MR) is 134 cm³/mol. The number of amides is 2. The summed E-state index contributed by atoms with van der Waals surface area (Å²) in [5.74, 6) is -0.162. The lowest BCUT2D eigenvalue weighted by Crippen LogP contribution is -2.40. The molecule has 1 atom stereocenters. The van der Waals surface area contributed by atoms with E-state index in [2.05, 4.69) is 5.32 Å². The molecule has 7 heteroatoms. The molecule has 35 heavy (non-hydrogen) atoms. The number of fused-ring (bicyclic) bond motifs is 1. The Morgan fingerprint density at radius 1 is 1.00 bits per heavy atom. The van der Waals surface area contributed by atoms with E-state index >= 15 is 0 Å². The van der Waals surface area contributed by atoms with E-state index in [1.165, 1.54) is 35.6 Å². The Morgan fingerprint density at radius 2 is 1.80 bits per heavy atom. The summed E-state index contributed by atoms with van der Waals surface area (Å²) in [7, 11) is 0. The summed E-state index contributed by atoms with van der Waals surface area (Å²) in [6.45, 7) is 0.424. The zero-order chi connectivity index (χ0) is 24.2. The van der Waals surface area contributed by atoms with E-state index in [-0.39, 0.29) is 30.3 Å². The van der Waals surface area contributed by atoms with Gasteiger partial charge in [0.1, 0.15) is 11.6 Å². The van der Waals surface area contributed by atoms with Gasteiger partial charge in [0.25, 0.3) is 11.8 Å². The zero-order valence-corrected chi connectivity index (χ0v) is 19.6. The van der Waals surface area contributed by atoms with Gasteiger partial charge in [-0.15, -0.1) is 11.3 Å². The molecule has 0 saturated carbocycles. The normalized spacial score (nSPS) is 14.8. The number of nitrogens with one attached hydrogen (secondary N) is 1. The number of hydrogen-bond donors (Lipinski definition) is 1. The van der Waals surface area contributed by atoms with Gasteiger partial charge in [-0.2, -0.15) is 0 Å². The summed E-state index contributed by atoms with van der Waals surface area (Å²) in [6, 6.07) is 24.8. The molecule has 0 radical (unpaired) electrons. The standard InChI is InChI=1S/C28H23FN2O3S/c29-21-9-11-22(12-10-21)30-26(32)18-34-23-13-8-19-14-15-31(28(33)25-7-4-16-35-25)27(24(19)17-23)20-5-2-1-3-6-20/h1-13,16-17,27H,14-15,18H2,(H,30,32). The quantitative estimate of drug-likeness (QED) is 0.381. The van der Waals surface area contributed by atoms with E-state index in [1.54, 1.807) is 0 Å². The molecule has 0 aliphatic carbocycles. The van der Waals surface area contributed by atoms with Gasteiger partial charge in [-0.05, 0) is 71.0 Å². The molecule has 1 N–H and O–H groups in total. The summed E-state index contributed by atoms with van der Waals surface area (Å²) < 4.78 is 18.9. The molecule has 1 aliphatic heterocycles. The van der Waals surface area contributed by atoms with Crippen molar-refractivity contribution in [3.05, 3.63) is 118 Å². The van der Waals surface area contributed by atoms with Crippen LogP contribution in [0.4, 0.5) is 10.1 Å². The minimum Gasteiger partial charge on any atom is -0.484 e. The Balaban J connectivity index is 1.38. The molecule has 176 valence electrons. The van der Waals surface area contributed by atoms with Crippen molar-refractivity contribution in [1.82, 2.24) is 4.90 Å². The molecule has 4 aromatic rings. The van der Waals surface area contributed by atoms with Gasteiger partial charge in [0, 0.05) is 12.2 Å². The number of ether oxygens (including phenoxy) is 1. The van der Waals surface area contributed by atoms with Crippen molar-refractivity contribution in [3.63, 3.8) is 0 Å². The van der Waals surface area contributed by atoms with Crippen molar-refractivity contribution in [2.75, 3.05) is 18.5 Å². The highest BCUT2D eigenvalue weighted by molar-refractivity contribution is 7.12. The number of carbonyl (C=O) groups is 2. The van der Waals surface area contributed by atoms with Gasteiger partial charge in [0.2, 0.25) is 0 Å². The SMILES string of the molecule is O=C(COc1ccc2c(c1)C(c1ccccc1)N(C(=O)c1cccs1)CC2)Nc1ccc(F)cc1. The van der Waals surface area contributed by atoms with Gasteiger partial charge < -0.3 is 15.0 Å². The second kappa shape index (κ2) is 10.1. The molecule has 5 nitrogen and oxygen atoms in total. The van der Waals surface area contributed by atoms with Crippen molar-refractivity contribution in [2.45, 2.75) is 12.5 Å². The van der Waals surface area contributed by atoms with Crippen LogP contribution in [0.15, 0.2) is 90.3 Å². The molecule has 3 aromatic carbocycles. The van der Waals surface area contributed by atoms with Gasteiger partial charge in [-0.1, -0.05) is 42.5 Å². The molecule has 0 bridgehead atoms. The summed E-state index contributed by atoms with van der Waals surface area (Å²) in [4.78, 5) is 28.3. The van der Waals surface area contributed by atoms with Crippen LogP contribution in [0.2, 0.25) is 0 Å². The minimum atomic E-state index is -0.368. The number of rotatable bonds is 6. The number of thiophene rings is 1. The third-order valence-electron chi connectivity index (χ3n) is 5.95. The number of anilines is 1. The van der Waals surface area contributed by atoms with Gasteiger partial charge in [-0.25, -0.2) is 4.39 Å². The zero-order valence-electron chi connectivity index (χ0n) is 18.8. The van der Waals surface area contributed by atoms with Crippen LogP contribution in [-0.2, 0) is 11.2 Å². The average molecular weight is 487 g/mol. The second-order valence-corrected chi connectivity index (χ2v) is 9.19. The van der Waals surface area contributed by atoms with Crippen LogP contribution >= 0.6 is 11.3 Å². The monoisotopic (exact) mass is 486 g/mol. The van der Waals surface area contributed by atoms with E-state index in [9.17, 15) is 14.0 Å². The molecule has 0 spiro atoms. The maximum Gasteiger partial charge on any atom is 0.264 e. The summed E-state index contributed by atoms with van der Waals surface area (Å²) in [6.07, 6.45) is 0.737. The highest BCUT2D eigenvalue weighted by Gasteiger charge is 2.33. The van der Waals surface area contributed by atoms with Crippen molar-refractivity contribution >= 4 is 28.8 Å². The van der Waals surface area contributed by atoms with E-state index in [1.807, 2.05) is 70.9 Å². The topological polar surface area (TPSA) is 58.6 Å². The number of carbonyl (C=O) groups excluding carboxylic acids is 2. The average Bonchev–Trinajstić information content (AvgIpc) is 3.43. The molecular formula is C28H23FN2O3S. The number of benzene rings is 3. The van der Waals surface area contributed by atoms with E-state index < -0.39 is 0 Å². The van der Waals surface area contributed by atoms with Crippen LogP contribution in [0.25, 0.3) is 0 Å². The van der Waals surface area contributed by atoms with Crippen LogP contribution in [0.1, 0.15) is 32.4 Å². The fraction of sp³-hybridized carbons (Fsp3) is 0.143. The maximum absolute atomic E-state index is 13.4. The number of hydrogen-bond acceptors (Lipinski definition) is 4. The Morgan fingerprint density at radius 3 is 2.54 bits per heavy atom. The maximum atomic E-state index is 13.4. The van der Waals surface area contributed by atoms with Crippen molar-refractivity contribution < 1.29 is 18.7 Å². The Hall–Kier alpha value is -3.97. The highest BCUT2D eigenvalue weighted by atomic mass is 32.1. The fourth-order valence-corrected chi connectivity index (χ4v) is 5.00. The van der Waals surface area contributed by atoms with Crippen molar-refractivity contribution in [3.8, 4) is 5.75 Å². The molecule has 2 amide bonds. The first-order chi connectivity index (χ1) is 17.1. The second-order valence-electron chi connectivity index (χ2n) is 8.24. The molecule has 1 aliphatic rings. The minimum absolute atomic E-state index is 0.00417. The number of halogens is 1. The molecular weight excluding hydrogens is 463 g/mol. The lowest BCUT2D eigenvalue weighted by molar-refractivity contribution is -0.118. The van der Waals surface area contributed by atoms with Crippen LogP contribution < -0.4 is 10.1 Å². The van der Waals surface area contributed by atoms with Gasteiger partial charge in [0.05, 0.1) is 10.9 Å². The van der Waals surface area contributed by atoms with Gasteiger partial charge in [0.15, 0.2) is 6.61 Å². The fourth-order valence-electron chi connectivity index (χ4n) is 4.32. The van der Waals surface area contributed by atoms with E-state index in [4.69, 9.17) is 4.74 Å². The van der Waals surface area contributed by atoms with Crippen molar-refractivity contribution in [2.24, 2.45) is 0 Å². The molecule has 0 fully saturated rings. The Labute approximate surface area is 206 Å². The first kappa shape index (κ1) is 22.8. The molecule has 1 unspecified atom stereocenters. The van der Waals surface area contributed by atoms with Crippen LogP contribution in [0.5, 0.6) is 5.75 Å². The first-order valence-corrected chi connectivity index (χ1v) is 12.2. The van der Waals surface area contributed by atoms with Crippen LogP contribution in [-0.4, -0.2) is 29.9 Å². The van der Waals surface area contributed by atoms with E-state index in [0.717, 1.165) is 23.1 Å². The molecule has 1 aromatic heterocycles. The largest absolute Gasteiger partial charge is 0.484 e. The molecule has 0 saturated heterocycles. The predicted octanol–water partition coefficient (Wildman–Crippen LogP) is 5.69. The van der Waals surface area contributed by atoms with Gasteiger partial charge >= 0.3 is 0 Å². The lowest BCUT2D eigenvalue weighted by Gasteiger charge is -2.37. The lowest BCUT2D eigenvalue weighted by atomic mass is 9.88. The summed E-state index contributed by atoms with van der Waals surface area (Å²) in [5, 5.41) is 4.60. The van der Waals surface area contributed by atoms with Crippen LogP contribution in [0.3, 0.4) is 0 Å². The van der Waals surface area contributed by atoms with Crippen LogP contribution in [0, 0.1) is 5.82 Å². The Bertz CT molecular complexity index is 1320. The molecule has 5 rings (SSSR count). The number of nitrogens with zero attached hydrogens (tertiary/aromatic N) is 1. The highest BCUT2D eigenvalue weighted by Crippen LogP contribution is 2.38. The van der Waals surface area contributed by atoms with Crippen molar-refractivity contribution in [1.29, 1.82) is 0 Å². The molecule has 2 heterocycles. The van der Waals surface area contributed by atoms with Gasteiger partial charge in [-0.3, -0.25) is 9.59 Å². The first-order valence-electron chi connectivity index (χ1n) is 11.3. The third kappa shape index (κ3) is 5.10. The summed E-state index contributed by atoms with van der Waals surface area (Å²) in [5.41, 5.74) is 3.66. The van der Waals surface area contributed by atoms with E-state index in [0.29, 0.717) is 22.9 Å². The smallest absolute Gasteiger partial charge is 0.264 e. The summed E-state index contributed by atoms with van der Waals surface area (Å²) >= 11 is 1.44.